The highest BCUT2D eigenvalue weighted by Gasteiger charge is 2.13. The first kappa shape index (κ1) is 16.3. The van der Waals surface area contributed by atoms with Crippen molar-refractivity contribution in [2.75, 3.05) is 13.2 Å². The highest BCUT2D eigenvalue weighted by molar-refractivity contribution is 6.39. The monoisotopic (exact) mass is 326 g/mol. The summed E-state index contributed by atoms with van der Waals surface area (Å²) in [4.78, 5) is 4.51. The van der Waals surface area contributed by atoms with Gasteiger partial charge >= 0.3 is 0 Å². The molecule has 0 amide bonds. The third-order valence-electron chi connectivity index (χ3n) is 3.43. The lowest BCUT2D eigenvalue weighted by atomic mass is 10.2. The first-order valence-corrected chi connectivity index (χ1v) is 7.90. The van der Waals surface area contributed by atoms with E-state index in [9.17, 15) is 0 Å². The molecule has 0 aliphatic heterocycles. The van der Waals surface area contributed by atoms with Gasteiger partial charge in [0.25, 0.3) is 0 Å². The van der Waals surface area contributed by atoms with Crippen molar-refractivity contribution >= 4 is 34.1 Å². The van der Waals surface area contributed by atoms with E-state index in [1.807, 2.05) is 19.1 Å². The molecule has 0 saturated heterocycles. The number of rotatable bonds is 6. The van der Waals surface area contributed by atoms with E-state index in [0.717, 1.165) is 29.6 Å². The van der Waals surface area contributed by atoms with Crippen LogP contribution in [0.15, 0.2) is 18.2 Å². The summed E-state index contributed by atoms with van der Waals surface area (Å²) in [6, 6.07) is 6.06. The minimum Gasteiger partial charge on any atom is -0.488 e. The zero-order valence-electron chi connectivity index (χ0n) is 12.5. The molecule has 114 valence electrons. The Kier molecular flexibility index (Phi) is 5.68. The van der Waals surface area contributed by atoms with Crippen LogP contribution in [-0.4, -0.2) is 24.2 Å². The van der Waals surface area contributed by atoms with Gasteiger partial charge in [0.2, 0.25) is 0 Å². The van der Waals surface area contributed by atoms with Gasteiger partial charge in [-0.3, -0.25) is 0 Å². The first-order chi connectivity index (χ1) is 10.0. The van der Waals surface area contributed by atoms with Crippen LogP contribution in [0.5, 0.6) is 5.75 Å². The van der Waals surface area contributed by atoms with E-state index in [2.05, 4.69) is 24.1 Å². The van der Waals surface area contributed by atoms with Gasteiger partial charge in [-0.25, -0.2) is 4.98 Å². The number of ether oxygens (including phenoxy) is 1. The van der Waals surface area contributed by atoms with Crippen LogP contribution in [0.3, 0.4) is 0 Å². The summed E-state index contributed by atoms with van der Waals surface area (Å²) in [6.07, 6.45) is 1.09. The minimum atomic E-state index is 0.478. The standard InChI is InChI=1S/C16H20Cl2N2O/c1-4-10(2)19-7-8-21-16-14(18)9-13(17)12-6-5-11(3)20-15(12)16/h5-6,9-10,19H,4,7-8H2,1-3H3. The highest BCUT2D eigenvalue weighted by Crippen LogP contribution is 2.37. The van der Waals surface area contributed by atoms with Crippen LogP contribution in [0.4, 0.5) is 0 Å². The second-order valence-electron chi connectivity index (χ2n) is 5.13. The molecule has 1 atom stereocenters. The molecular formula is C16H20Cl2N2O. The fourth-order valence-electron chi connectivity index (χ4n) is 2.03. The zero-order chi connectivity index (χ0) is 15.4. The van der Waals surface area contributed by atoms with Crippen LogP contribution in [0, 0.1) is 6.92 Å². The van der Waals surface area contributed by atoms with E-state index in [-0.39, 0.29) is 0 Å². The number of nitrogens with one attached hydrogen (secondary N) is 1. The van der Waals surface area contributed by atoms with Crippen molar-refractivity contribution < 1.29 is 4.74 Å². The number of fused-ring (bicyclic) bond motifs is 1. The molecule has 3 nitrogen and oxygen atoms in total. The SMILES string of the molecule is CCC(C)NCCOc1c(Cl)cc(Cl)c2ccc(C)nc12. The average Bonchev–Trinajstić information content (AvgIpc) is 2.45. The Morgan fingerprint density at radius 1 is 1.29 bits per heavy atom. The summed E-state index contributed by atoms with van der Waals surface area (Å²) in [5, 5.41) is 5.32. The van der Waals surface area contributed by atoms with Gasteiger partial charge in [-0.05, 0) is 38.5 Å². The van der Waals surface area contributed by atoms with Crippen molar-refractivity contribution in [3.8, 4) is 5.75 Å². The summed E-state index contributed by atoms with van der Waals surface area (Å²) < 4.78 is 5.84. The minimum absolute atomic E-state index is 0.478. The maximum Gasteiger partial charge on any atom is 0.164 e. The fourth-order valence-corrected chi connectivity index (χ4v) is 2.60. The Morgan fingerprint density at radius 2 is 2.05 bits per heavy atom. The summed E-state index contributed by atoms with van der Waals surface area (Å²) in [5.74, 6) is 0.603. The van der Waals surface area contributed by atoms with Gasteiger partial charge in [-0.1, -0.05) is 30.1 Å². The Hall–Kier alpha value is -1.03. The third-order valence-corrected chi connectivity index (χ3v) is 4.02. The molecule has 2 aromatic rings. The quantitative estimate of drug-likeness (QED) is 0.786. The summed E-state index contributed by atoms with van der Waals surface area (Å²) in [6.45, 7) is 7.53. The molecule has 1 aromatic heterocycles. The Balaban J connectivity index is 2.20. The number of aromatic nitrogens is 1. The zero-order valence-corrected chi connectivity index (χ0v) is 14.1. The number of hydrogen-bond acceptors (Lipinski definition) is 3. The lowest BCUT2D eigenvalue weighted by Gasteiger charge is -2.14. The van der Waals surface area contributed by atoms with Crippen LogP contribution < -0.4 is 10.1 Å². The molecule has 1 N–H and O–H groups in total. The second-order valence-corrected chi connectivity index (χ2v) is 5.94. The molecule has 21 heavy (non-hydrogen) atoms. The Bertz CT molecular complexity index is 631. The van der Waals surface area contributed by atoms with Crippen LogP contribution in [0.2, 0.25) is 10.0 Å². The molecule has 5 heteroatoms. The van der Waals surface area contributed by atoms with E-state index in [4.69, 9.17) is 27.9 Å². The van der Waals surface area contributed by atoms with Crippen molar-refractivity contribution in [3.63, 3.8) is 0 Å². The number of hydrogen-bond donors (Lipinski definition) is 1. The smallest absolute Gasteiger partial charge is 0.164 e. The van der Waals surface area contributed by atoms with Gasteiger partial charge < -0.3 is 10.1 Å². The van der Waals surface area contributed by atoms with Gasteiger partial charge in [0.15, 0.2) is 5.75 Å². The number of benzene rings is 1. The van der Waals surface area contributed by atoms with Gasteiger partial charge in [0, 0.05) is 23.7 Å². The molecule has 0 spiro atoms. The van der Waals surface area contributed by atoms with Gasteiger partial charge in [-0.15, -0.1) is 0 Å². The molecule has 1 aromatic carbocycles. The van der Waals surface area contributed by atoms with E-state index in [1.165, 1.54) is 0 Å². The molecule has 1 heterocycles. The average molecular weight is 327 g/mol. The molecule has 0 aliphatic rings. The predicted octanol–water partition coefficient (Wildman–Crippen LogP) is 4.62. The lowest BCUT2D eigenvalue weighted by molar-refractivity contribution is 0.309. The van der Waals surface area contributed by atoms with E-state index >= 15 is 0 Å². The van der Waals surface area contributed by atoms with Gasteiger partial charge in [0.05, 0.1) is 10.0 Å². The van der Waals surface area contributed by atoms with Crippen molar-refractivity contribution in [2.24, 2.45) is 0 Å². The number of nitrogens with zero attached hydrogens (tertiary/aromatic N) is 1. The number of pyridine rings is 1. The van der Waals surface area contributed by atoms with E-state index in [1.54, 1.807) is 6.07 Å². The number of halogens is 2. The molecule has 0 radical (unpaired) electrons. The van der Waals surface area contributed by atoms with Crippen LogP contribution in [-0.2, 0) is 0 Å². The summed E-state index contributed by atoms with van der Waals surface area (Å²) in [7, 11) is 0. The summed E-state index contributed by atoms with van der Waals surface area (Å²) in [5.41, 5.74) is 1.62. The second kappa shape index (κ2) is 7.30. The van der Waals surface area contributed by atoms with Crippen LogP contribution in [0.25, 0.3) is 10.9 Å². The van der Waals surface area contributed by atoms with Crippen LogP contribution >= 0.6 is 23.2 Å². The maximum absolute atomic E-state index is 6.26. The summed E-state index contributed by atoms with van der Waals surface area (Å²) >= 11 is 12.5. The molecule has 0 saturated carbocycles. The molecule has 0 aliphatic carbocycles. The Morgan fingerprint density at radius 3 is 2.76 bits per heavy atom. The molecule has 2 rings (SSSR count). The largest absolute Gasteiger partial charge is 0.488 e. The van der Waals surface area contributed by atoms with Gasteiger partial charge in [-0.2, -0.15) is 0 Å². The normalized spacial score (nSPS) is 12.6. The van der Waals surface area contributed by atoms with Crippen molar-refractivity contribution in [2.45, 2.75) is 33.2 Å². The number of aryl methyl sites for hydroxylation is 1. The van der Waals surface area contributed by atoms with Crippen molar-refractivity contribution in [3.05, 3.63) is 33.9 Å². The van der Waals surface area contributed by atoms with Crippen molar-refractivity contribution in [1.29, 1.82) is 0 Å². The van der Waals surface area contributed by atoms with Crippen LogP contribution in [0.1, 0.15) is 26.0 Å². The van der Waals surface area contributed by atoms with Crippen molar-refractivity contribution in [1.82, 2.24) is 10.3 Å². The third kappa shape index (κ3) is 4.00. The predicted molar refractivity (Wildman–Crippen MR) is 89.8 cm³/mol. The molecule has 1 unspecified atom stereocenters. The molecular weight excluding hydrogens is 307 g/mol. The topological polar surface area (TPSA) is 34.1 Å². The molecule has 0 fully saturated rings. The maximum atomic E-state index is 6.26. The Labute approximate surface area is 135 Å². The van der Waals surface area contributed by atoms with E-state index in [0.29, 0.717) is 28.4 Å². The highest BCUT2D eigenvalue weighted by atomic mass is 35.5. The van der Waals surface area contributed by atoms with E-state index < -0.39 is 0 Å². The van der Waals surface area contributed by atoms with Gasteiger partial charge in [0.1, 0.15) is 12.1 Å². The first-order valence-electron chi connectivity index (χ1n) is 7.14. The fraction of sp³-hybridized carbons (Fsp3) is 0.438. The molecule has 0 bridgehead atoms. The lowest BCUT2D eigenvalue weighted by Crippen LogP contribution is -2.29.